The minimum atomic E-state index is -1.32. The third-order valence-electron chi connectivity index (χ3n) is 8.12. The number of nitrogens with zero attached hydrogens (tertiary/aromatic N) is 6. The molecule has 0 unspecified atom stereocenters. The molecule has 0 N–H and O–H groups in total. The van der Waals surface area contributed by atoms with Crippen LogP contribution in [-0.2, 0) is 17.8 Å². The summed E-state index contributed by atoms with van der Waals surface area (Å²) in [6.45, 7) is 3.33. The van der Waals surface area contributed by atoms with Crippen LogP contribution < -0.4 is 9.64 Å². The first-order chi connectivity index (χ1) is 17.8. The fourth-order valence-corrected chi connectivity index (χ4v) is 6.62. The molecule has 5 heterocycles. The number of anilines is 1. The first-order valence-electron chi connectivity index (χ1n) is 12.5. The average molecular weight is 529 g/mol. The maximum atomic E-state index is 14.9. The van der Waals surface area contributed by atoms with Crippen LogP contribution in [0.3, 0.4) is 0 Å². The Morgan fingerprint density at radius 1 is 1.16 bits per heavy atom. The smallest absolute Gasteiger partial charge is 0.171 e. The number of rotatable bonds is 5. The first kappa shape index (κ1) is 23.3. The zero-order valence-corrected chi connectivity index (χ0v) is 21.2. The molecular weight excluding hydrogens is 502 g/mol. The van der Waals surface area contributed by atoms with Crippen LogP contribution in [0, 0.1) is 11.2 Å². The molecule has 0 amide bonds. The van der Waals surface area contributed by atoms with Gasteiger partial charge in [0.1, 0.15) is 11.6 Å². The van der Waals surface area contributed by atoms with Crippen LogP contribution in [0.4, 0.5) is 14.6 Å². The summed E-state index contributed by atoms with van der Waals surface area (Å²) in [6, 6.07) is 7.23. The zero-order chi connectivity index (χ0) is 25.4. The summed E-state index contributed by atoms with van der Waals surface area (Å²) >= 11 is 6.36. The van der Waals surface area contributed by atoms with Crippen LogP contribution in [0.1, 0.15) is 36.0 Å². The van der Waals surface area contributed by atoms with E-state index in [-0.39, 0.29) is 31.1 Å². The number of pyridine rings is 1. The van der Waals surface area contributed by atoms with Gasteiger partial charge in [0.15, 0.2) is 23.1 Å². The summed E-state index contributed by atoms with van der Waals surface area (Å²) in [5.41, 5.74) is 0.906. The Balaban J connectivity index is 1.12. The molecule has 0 radical (unpaired) electrons. The predicted molar refractivity (Wildman–Crippen MR) is 133 cm³/mol. The lowest BCUT2D eigenvalue weighted by molar-refractivity contribution is -0.142. The minimum absolute atomic E-state index is 0.129. The molecule has 37 heavy (non-hydrogen) atoms. The number of fused-ring (bicyclic) bond motifs is 3. The van der Waals surface area contributed by atoms with E-state index in [4.69, 9.17) is 21.1 Å². The largest absolute Gasteiger partial charge is 0.493 e. The van der Waals surface area contributed by atoms with Gasteiger partial charge in [-0.3, -0.25) is 9.47 Å². The van der Waals surface area contributed by atoms with E-state index in [0.717, 1.165) is 48.8 Å². The van der Waals surface area contributed by atoms with Crippen molar-refractivity contribution in [3.05, 3.63) is 58.5 Å². The lowest BCUT2D eigenvalue weighted by Crippen LogP contribution is -2.62. The van der Waals surface area contributed by atoms with Crippen LogP contribution in [0.2, 0.25) is 5.02 Å². The topological polar surface area (TPSA) is 68.5 Å². The van der Waals surface area contributed by atoms with E-state index >= 15 is 0 Å². The normalized spacial score (nSPS) is 21.9. The number of ether oxygens (including phenoxy) is 2. The second-order valence-electron chi connectivity index (χ2n) is 11.0. The number of benzene rings is 1. The van der Waals surface area contributed by atoms with Crippen molar-refractivity contribution in [3.63, 3.8) is 0 Å². The van der Waals surface area contributed by atoms with E-state index in [1.54, 1.807) is 0 Å². The number of hydrogen-bond acceptors (Lipinski definition) is 7. The maximum absolute atomic E-state index is 14.9. The van der Waals surface area contributed by atoms with Gasteiger partial charge < -0.3 is 14.4 Å². The van der Waals surface area contributed by atoms with E-state index in [2.05, 4.69) is 29.5 Å². The molecule has 1 aliphatic carbocycles. The second kappa shape index (κ2) is 8.34. The Bertz CT molecular complexity index is 1370. The zero-order valence-electron chi connectivity index (χ0n) is 20.5. The molecule has 194 valence electrons. The maximum Gasteiger partial charge on any atom is 0.171 e. The molecule has 3 fully saturated rings. The Kier molecular flexibility index (Phi) is 5.25. The summed E-state index contributed by atoms with van der Waals surface area (Å²) in [5, 5.41) is 9.85. The lowest BCUT2D eigenvalue weighted by atomic mass is 9.57. The van der Waals surface area contributed by atoms with Gasteiger partial charge >= 0.3 is 0 Å². The highest BCUT2D eigenvalue weighted by Gasteiger charge is 2.55. The SMILES string of the molecule is COc1cc(F)cnc1N1CC2(CC(c3nnc4n3-c3ccc(Cl)cc3CN(CC3(F)COC3)C4)C2)C1. The van der Waals surface area contributed by atoms with Gasteiger partial charge in [0, 0.05) is 48.6 Å². The van der Waals surface area contributed by atoms with Crippen molar-refractivity contribution in [2.24, 2.45) is 5.41 Å². The number of methoxy groups -OCH3 is 1. The van der Waals surface area contributed by atoms with Gasteiger partial charge in [0.25, 0.3) is 0 Å². The highest BCUT2D eigenvalue weighted by molar-refractivity contribution is 6.30. The lowest BCUT2D eigenvalue weighted by Gasteiger charge is -2.59. The summed E-state index contributed by atoms with van der Waals surface area (Å²) in [4.78, 5) is 8.47. The van der Waals surface area contributed by atoms with Crippen molar-refractivity contribution in [3.8, 4) is 11.4 Å². The highest BCUT2D eigenvalue weighted by Crippen LogP contribution is 2.57. The molecule has 2 aromatic heterocycles. The number of aromatic nitrogens is 4. The van der Waals surface area contributed by atoms with Gasteiger partial charge in [-0.25, -0.2) is 13.8 Å². The predicted octanol–water partition coefficient (Wildman–Crippen LogP) is 3.90. The van der Waals surface area contributed by atoms with Crippen molar-refractivity contribution in [1.82, 2.24) is 24.6 Å². The van der Waals surface area contributed by atoms with Crippen LogP contribution in [0.5, 0.6) is 5.75 Å². The van der Waals surface area contributed by atoms with Crippen molar-refractivity contribution in [2.45, 2.75) is 37.5 Å². The summed E-state index contributed by atoms with van der Waals surface area (Å²) in [6.07, 6.45) is 3.21. The third kappa shape index (κ3) is 3.88. The molecule has 3 aliphatic heterocycles. The number of hydrogen-bond donors (Lipinski definition) is 0. The van der Waals surface area contributed by atoms with Crippen LogP contribution in [0.25, 0.3) is 5.69 Å². The fraction of sp³-hybridized carbons (Fsp3) is 0.500. The molecule has 1 aromatic carbocycles. The Labute approximate surface area is 218 Å². The Morgan fingerprint density at radius 3 is 2.70 bits per heavy atom. The first-order valence-corrected chi connectivity index (χ1v) is 12.9. The Hall–Kier alpha value is -2.82. The summed E-state index contributed by atoms with van der Waals surface area (Å²) in [7, 11) is 1.53. The molecule has 4 aliphatic rings. The molecule has 0 bridgehead atoms. The van der Waals surface area contributed by atoms with Gasteiger partial charge in [-0.2, -0.15) is 0 Å². The van der Waals surface area contributed by atoms with E-state index in [1.165, 1.54) is 19.4 Å². The molecule has 11 heteroatoms. The van der Waals surface area contributed by atoms with Gasteiger partial charge in [-0.15, -0.1) is 10.2 Å². The molecular formula is C26H27ClF2N6O2. The molecule has 1 spiro atoms. The van der Waals surface area contributed by atoms with E-state index in [1.807, 2.05) is 18.2 Å². The van der Waals surface area contributed by atoms with Crippen LogP contribution in [0.15, 0.2) is 30.5 Å². The summed E-state index contributed by atoms with van der Waals surface area (Å²) in [5.74, 6) is 2.77. The quantitative estimate of drug-likeness (QED) is 0.497. The average Bonchev–Trinajstić information content (AvgIpc) is 3.12. The third-order valence-corrected chi connectivity index (χ3v) is 8.36. The molecule has 8 nitrogen and oxygen atoms in total. The van der Waals surface area contributed by atoms with Crippen molar-refractivity contribution < 1.29 is 18.3 Å². The van der Waals surface area contributed by atoms with Crippen LogP contribution >= 0.6 is 11.6 Å². The Morgan fingerprint density at radius 2 is 1.97 bits per heavy atom. The van der Waals surface area contributed by atoms with Crippen molar-refractivity contribution in [2.75, 3.05) is 44.9 Å². The van der Waals surface area contributed by atoms with Gasteiger partial charge in [0.2, 0.25) is 0 Å². The summed E-state index contributed by atoms with van der Waals surface area (Å²) < 4.78 is 41.1. The van der Waals surface area contributed by atoms with E-state index in [0.29, 0.717) is 29.7 Å². The standard InChI is InChI=1S/C26H27ClF2N6O2/c1-36-21-5-19(28)8-30-24(21)34-11-25(12-34)6-17(7-25)23-32-31-22-10-33(13-26(29)14-37-15-26)9-16-4-18(27)2-3-20(16)35(22)23/h2-5,8,17H,6-7,9-15H2,1H3. The molecule has 3 aromatic rings. The number of halogens is 3. The van der Waals surface area contributed by atoms with Gasteiger partial charge in [-0.05, 0) is 36.6 Å². The van der Waals surface area contributed by atoms with E-state index in [9.17, 15) is 8.78 Å². The molecule has 7 rings (SSSR count). The van der Waals surface area contributed by atoms with Crippen molar-refractivity contribution >= 4 is 17.4 Å². The number of alkyl halides is 1. The highest BCUT2D eigenvalue weighted by atomic mass is 35.5. The van der Waals surface area contributed by atoms with Gasteiger partial charge in [0.05, 0.1) is 38.8 Å². The van der Waals surface area contributed by atoms with Gasteiger partial charge in [-0.1, -0.05) is 11.6 Å². The van der Waals surface area contributed by atoms with Crippen molar-refractivity contribution in [1.29, 1.82) is 0 Å². The molecule has 1 saturated carbocycles. The fourth-order valence-electron chi connectivity index (χ4n) is 6.42. The molecule has 0 atom stereocenters. The second-order valence-corrected chi connectivity index (χ2v) is 11.4. The van der Waals surface area contributed by atoms with E-state index < -0.39 is 11.5 Å². The molecule has 2 saturated heterocycles. The van der Waals surface area contributed by atoms with Crippen LogP contribution in [-0.4, -0.2) is 70.3 Å². The monoisotopic (exact) mass is 528 g/mol. The minimum Gasteiger partial charge on any atom is -0.493 e.